The summed E-state index contributed by atoms with van der Waals surface area (Å²) >= 11 is 0. The molecule has 0 aromatic heterocycles. The third kappa shape index (κ3) is 5.57. The lowest BCUT2D eigenvalue weighted by atomic mass is 9.92. The molecule has 0 bridgehead atoms. The van der Waals surface area contributed by atoms with Gasteiger partial charge in [0.15, 0.2) is 0 Å². The Labute approximate surface area is 147 Å². The summed E-state index contributed by atoms with van der Waals surface area (Å²) < 4.78 is 6.12. The minimum atomic E-state index is -1.64. The van der Waals surface area contributed by atoms with Crippen LogP contribution in [0.25, 0.3) is 0 Å². The van der Waals surface area contributed by atoms with E-state index >= 15 is 0 Å². The summed E-state index contributed by atoms with van der Waals surface area (Å²) in [5.41, 5.74) is 0.970. The molecule has 0 radical (unpaired) electrons. The van der Waals surface area contributed by atoms with Crippen LogP contribution in [-0.4, -0.2) is 26.0 Å². The minimum Gasteiger partial charge on any atom is -0.376 e. The van der Waals surface area contributed by atoms with Crippen molar-refractivity contribution in [3.63, 3.8) is 0 Å². The van der Waals surface area contributed by atoms with Gasteiger partial charge in [0.25, 0.3) is 0 Å². The van der Waals surface area contributed by atoms with Crippen molar-refractivity contribution in [2.45, 2.75) is 98.5 Å². The predicted octanol–water partition coefficient (Wildman–Crippen LogP) is 5.69. The SMILES string of the molecule is CC1C(C)[C@@H](C)[C@@H](C)C1[Si@](C)(CCOC(C)(C)C)NC(C)(C)C. The summed E-state index contributed by atoms with van der Waals surface area (Å²) in [6.45, 7) is 26.8. The van der Waals surface area contributed by atoms with Gasteiger partial charge in [0.2, 0.25) is 0 Å². The third-order valence-corrected chi connectivity index (χ3v) is 11.3. The second kappa shape index (κ2) is 7.17. The van der Waals surface area contributed by atoms with E-state index in [4.69, 9.17) is 4.74 Å². The molecule has 0 saturated heterocycles. The van der Waals surface area contributed by atoms with Crippen LogP contribution in [0.2, 0.25) is 18.1 Å². The smallest absolute Gasteiger partial charge is 0.128 e. The predicted molar refractivity (Wildman–Crippen MR) is 105 cm³/mol. The average Bonchev–Trinajstić information content (AvgIpc) is 2.50. The first kappa shape index (κ1) is 21.2. The molecule has 6 atom stereocenters. The fraction of sp³-hybridized carbons (Fsp3) is 1.00. The highest BCUT2D eigenvalue weighted by atomic mass is 28.3. The highest BCUT2D eigenvalue weighted by Gasteiger charge is 2.52. The van der Waals surface area contributed by atoms with Crippen LogP contribution in [0.5, 0.6) is 0 Å². The van der Waals surface area contributed by atoms with Gasteiger partial charge >= 0.3 is 0 Å². The molecule has 23 heavy (non-hydrogen) atoms. The molecule has 3 heteroatoms. The van der Waals surface area contributed by atoms with Crippen molar-refractivity contribution in [3.05, 3.63) is 0 Å². The summed E-state index contributed by atoms with van der Waals surface area (Å²) in [6, 6.07) is 1.21. The van der Waals surface area contributed by atoms with E-state index in [0.717, 1.165) is 35.8 Å². The van der Waals surface area contributed by atoms with Gasteiger partial charge in [0.05, 0.1) is 5.60 Å². The molecule has 2 nitrogen and oxygen atoms in total. The van der Waals surface area contributed by atoms with Gasteiger partial charge in [-0.05, 0) is 76.8 Å². The average molecular weight is 342 g/mol. The Morgan fingerprint density at radius 3 is 1.61 bits per heavy atom. The van der Waals surface area contributed by atoms with Crippen molar-refractivity contribution in [2.75, 3.05) is 6.61 Å². The summed E-state index contributed by atoms with van der Waals surface area (Å²) in [6.07, 6.45) is 0. The van der Waals surface area contributed by atoms with Gasteiger partial charge in [0.1, 0.15) is 8.24 Å². The normalized spacial score (nSPS) is 35.3. The van der Waals surface area contributed by atoms with Crippen molar-refractivity contribution in [3.8, 4) is 0 Å². The quantitative estimate of drug-likeness (QED) is 0.648. The lowest BCUT2D eigenvalue weighted by molar-refractivity contribution is 0.00443. The van der Waals surface area contributed by atoms with E-state index in [-0.39, 0.29) is 11.1 Å². The summed E-state index contributed by atoms with van der Waals surface area (Å²) in [4.78, 5) is 4.12. The van der Waals surface area contributed by atoms with Crippen molar-refractivity contribution in [1.29, 1.82) is 0 Å². The number of hydrogen-bond acceptors (Lipinski definition) is 2. The maximum atomic E-state index is 6.12. The van der Waals surface area contributed by atoms with Crippen molar-refractivity contribution in [2.24, 2.45) is 23.7 Å². The van der Waals surface area contributed by atoms with E-state index in [0.29, 0.717) is 0 Å². The molecule has 0 spiro atoms. The van der Waals surface area contributed by atoms with E-state index in [2.05, 4.69) is 80.8 Å². The minimum absolute atomic E-state index is 0.0372. The molecule has 3 unspecified atom stereocenters. The lowest BCUT2D eigenvalue weighted by Gasteiger charge is -2.44. The Hall–Kier alpha value is 0.137. The topological polar surface area (TPSA) is 21.3 Å². The van der Waals surface area contributed by atoms with Gasteiger partial charge in [-0.3, -0.25) is 0 Å². The van der Waals surface area contributed by atoms with E-state index in [1.807, 2.05) is 0 Å². The molecule has 0 amide bonds. The molecule has 1 N–H and O–H groups in total. The number of hydrogen-bond donors (Lipinski definition) is 1. The monoisotopic (exact) mass is 341 g/mol. The van der Waals surface area contributed by atoms with Crippen LogP contribution in [0.4, 0.5) is 0 Å². The molecule has 1 saturated carbocycles. The van der Waals surface area contributed by atoms with Gasteiger partial charge in [-0.15, -0.1) is 0 Å². The van der Waals surface area contributed by atoms with Crippen LogP contribution >= 0.6 is 0 Å². The van der Waals surface area contributed by atoms with Crippen LogP contribution in [0.15, 0.2) is 0 Å². The zero-order chi connectivity index (χ0) is 18.2. The number of rotatable bonds is 5. The first-order valence-corrected chi connectivity index (χ1v) is 12.4. The van der Waals surface area contributed by atoms with E-state index in [9.17, 15) is 0 Å². The Morgan fingerprint density at radius 1 is 0.826 bits per heavy atom. The van der Waals surface area contributed by atoms with Crippen LogP contribution in [0.3, 0.4) is 0 Å². The van der Waals surface area contributed by atoms with Crippen molar-refractivity contribution in [1.82, 2.24) is 4.98 Å². The van der Waals surface area contributed by atoms with Gasteiger partial charge in [0, 0.05) is 12.1 Å². The molecule has 0 aliphatic heterocycles. The number of ether oxygens (including phenoxy) is 1. The first-order valence-electron chi connectivity index (χ1n) is 9.61. The first-order chi connectivity index (χ1) is 10.2. The number of nitrogens with one attached hydrogen (secondary N) is 1. The molecule has 0 aromatic rings. The maximum Gasteiger partial charge on any atom is 0.128 e. The third-order valence-electron chi connectivity index (χ3n) is 6.17. The highest BCUT2D eigenvalue weighted by Crippen LogP contribution is 2.54. The molecule has 1 rings (SSSR count). The van der Waals surface area contributed by atoms with Gasteiger partial charge in [-0.25, -0.2) is 0 Å². The Bertz CT molecular complexity index is 370. The zero-order valence-electron chi connectivity index (χ0n) is 17.7. The molecule has 138 valence electrons. The van der Waals surface area contributed by atoms with Crippen LogP contribution < -0.4 is 4.98 Å². The summed E-state index contributed by atoms with van der Waals surface area (Å²) in [7, 11) is -1.64. The largest absolute Gasteiger partial charge is 0.376 e. The molecule has 0 heterocycles. The molecule has 1 aliphatic carbocycles. The second-order valence-electron chi connectivity index (χ2n) is 10.5. The Morgan fingerprint density at radius 2 is 1.26 bits per heavy atom. The second-order valence-corrected chi connectivity index (χ2v) is 14.7. The Balaban J connectivity index is 2.99. The van der Waals surface area contributed by atoms with Gasteiger partial charge in [-0.1, -0.05) is 34.2 Å². The van der Waals surface area contributed by atoms with Crippen LogP contribution in [-0.2, 0) is 4.74 Å². The molecule has 1 fully saturated rings. The van der Waals surface area contributed by atoms with Gasteiger partial charge < -0.3 is 9.72 Å². The maximum absolute atomic E-state index is 6.12. The lowest BCUT2D eigenvalue weighted by Crippen LogP contribution is -2.61. The molecular weight excluding hydrogens is 298 g/mol. The highest BCUT2D eigenvalue weighted by molar-refractivity contribution is 6.78. The van der Waals surface area contributed by atoms with Gasteiger partial charge in [-0.2, -0.15) is 0 Å². The van der Waals surface area contributed by atoms with Crippen LogP contribution in [0.1, 0.15) is 69.2 Å². The Kier molecular flexibility index (Phi) is 6.60. The summed E-state index contributed by atoms with van der Waals surface area (Å²) in [5.74, 6) is 3.27. The van der Waals surface area contributed by atoms with E-state index in [1.54, 1.807) is 0 Å². The van der Waals surface area contributed by atoms with E-state index in [1.165, 1.54) is 6.04 Å². The fourth-order valence-corrected chi connectivity index (χ4v) is 10.8. The standard InChI is InChI=1S/C20H43NOSi/c1-14-15(2)17(4)18(16(14)3)23(11,21-19(5,6)7)13-12-22-20(8,9)10/h14-18,21H,12-13H2,1-11H3/t14-,15?,16-,17?,18?,23+/m1/s1. The van der Waals surface area contributed by atoms with E-state index < -0.39 is 8.24 Å². The molecular formula is C20H43NOSi. The summed E-state index contributed by atoms with van der Waals surface area (Å²) in [5, 5.41) is 0. The fourth-order valence-electron chi connectivity index (χ4n) is 4.99. The van der Waals surface area contributed by atoms with Crippen molar-refractivity contribution < 1.29 is 4.74 Å². The molecule has 1 aliphatic rings. The van der Waals surface area contributed by atoms with Crippen LogP contribution in [0, 0.1) is 23.7 Å². The molecule has 0 aromatic carbocycles. The zero-order valence-corrected chi connectivity index (χ0v) is 18.7. The van der Waals surface area contributed by atoms with Crippen molar-refractivity contribution >= 4 is 8.24 Å².